The summed E-state index contributed by atoms with van der Waals surface area (Å²) >= 11 is 0. The standard InChI is InChI=1S/C17H15N3O3/c1-11-18-13-4-2-3-5-14(13)20(11)9-17(21)19-12-6-7-15-16(8-12)23-10-22-15/h2-8H,9-10H2,1H3,(H,19,21). The topological polar surface area (TPSA) is 65.4 Å². The predicted molar refractivity (Wildman–Crippen MR) is 85.7 cm³/mol. The second-order valence-electron chi connectivity index (χ2n) is 5.35. The Labute approximate surface area is 132 Å². The van der Waals surface area contributed by atoms with Crippen molar-refractivity contribution in [1.82, 2.24) is 9.55 Å². The SMILES string of the molecule is Cc1nc2ccccc2n1CC(=O)Nc1ccc2c(c1)OCO2. The lowest BCUT2D eigenvalue weighted by Gasteiger charge is -2.09. The van der Waals surface area contributed by atoms with Gasteiger partial charge in [-0.25, -0.2) is 4.98 Å². The fourth-order valence-electron chi connectivity index (χ4n) is 2.71. The van der Waals surface area contributed by atoms with Crippen LogP contribution in [-0.2, 0) is 11.3 Å². The van der Waals surface area contributed by atoms with E-state index in [2.05, 4.69) is 10.3 Å². The molecule has 2 aromatic carbocycles. The molecule has 1 aromatic heterocycles. The number of nitrogens with one attached hydrogen (secondary N) is 1. The van der Waals surface area contributed by atoms with Gasteiger partial charge in [0.25, 0.3) is 0 Å². The van der Waals surface area contributed by atoms with Gasteiger partial charge in [0.15, 0.2) is 11.5 Å². The van der Waals surface area contributed by atoms with Crippen molar-refractivity contribution in [3.05, 3.63) is 48.3 Å². The third-order valence-corrected chi connectivity index (χ3v) is 3.80. The molecule has 0 bridgehead atoms. The first-order chi connectivity index (χ1) is 11.2. The Kier molecular flexibility index (Phi) is 3.15. The number of fused-ring (bicyclic) bond motifs is 2. The first-order valence-corrected chi connectivity index (χ1v) is 7.32. The number of hydrogen-bond acceptors (Lipinski definition) is 4. The molecule has 0 saturated heterocycles. The van der Waals surface area contributed by atoms with Crippen LogP contribution in [-0.4, -0.2) is 22.3 Å². The highest BCUT2D eigenvalue weighted by Gasteiger charge is 2.15. The second-order valence-corrected chi connectivity index (χ2v) is 5.35. The van der Waals surface area contributed by atoms with Gasteiger partial charge in [0.2, 0.25) is 12.7 Å². The van der Waals surface area contributed by atoms with E-state index in [1.54, 1.807) is 18.2 Å². The number of nitrogens with zero attached hydrogens (tertiary/aromatic N) is 2. The Morgan fingerprint density at radius 3 is 2.96 bits per heavy atom. The molecule has 1 N–H and O–H groups in total. The zero-order chi connectivity index (χ0) is 15.8. The number of imidazole rings is 1. The van der Waals surface area contributed by atoms with Crippen molar-refractivity contribution < 1.29 is 14.3 Å². The monoisotopic (exact) mass is 309 g/mol. The Balaban J connectivity index is 1.54. The van der Waals surface area contributed by atoms with Gasteiger partial charge in [0.1, 0.15) is 12.4 Å². The third-order valence-electron chi connectivity index (χ3n) is 3.80. The maximum Gasteiger partial charge on any atom is 0.244 e. The lowest BCUT2D eigenvalue weighted by Crippen LogP contribution is -2.19. The molecule has 0 radical (unpaired) electrons. The molecule has 4 rings (SSSR count). The number of hydrogen-bond donors (Lipinski definition) is 1. The average Bonchev–Trinajstić information content (AvgIpc) is 3.12. The third kappa shape index (κ3) is 2.48. The van der Waals surface area contributed by atoms with Crippen LogP contribution in [0.25, 0.3) is 11.0 Å². The largest absolute Gasteiger partial charge is 0.454 e. The first kappa shape index (κ1) is 13.6. The molecule has 0 aliphatic carbocycles. The molecule has 0 atom stereocenters. The first-order valence-electron chi connectivity index (χ1n) is 7.32. The maximum atomic E-state index is 12.3. The summed E-state index contributed by atoms with van der Waals surface area (Å²) in [6.45, 7) is 2.32. The van der Waals surface area contributed by atoms with E-state index in [1.165, 1.54) is 0 Å². The molecule has 1 aliphatic heterocycles. The van der Waals surface area contributed by atoms with Crippen LogP contribution < -0.4 is 14.8 Å². The molecular weight excluding hydrogens is 294 g/mol. The molecule has 1 aliphatic rings. The number of carbonyl (C=O) groups is 1. The van der Waals surface area contributed by atoms with Crippen LogP contribution >= 0.6 is 0 Å². The highest BCUT2D eigenvalue weighted by Crippen LogP contribution is 2.34. The highest BCUT2D eigenvalue weighted by molar-refractivity contribution is 5.92. The predicted octanol–water partition coefficient (Wildman–Crippen LogP) is 2.71. The van der Waals surface area contributed by atoms with Crippen LogP contribution in [0.5, 0.6) is 11.5 Å². The van der Waals surface area contributed by atoms with Crippen molar-refractivity contribution in [3.8, 4) is 11.5 Å². The molecule has 2 heterocycles. The molecular formula is C17H15N3O3. The molecule has 0 saturated carbocycles. The van der Waals surface area contributed by atoms with Crippen LogP contribution in [0.2, 0.25) is 0 Å². The van der Waals surface area contributed by atoms with Gasteiger partial charge in [-0.2, -0.15) is 0 Å². The number of rotatable bonds is 3. The normalized spacial score (nSPS) is 12.6. The molecule has 0 unspecified atom stereocenters. The number of benzene rings is 2. The summed E-state index contributed by atoms with van der Waals surface area (Å²) in [5, 5.41) is 2.88. The summed E-state index contributed by atoms with van der Waals surface area (Å²) in [4.78, 5) is 16.8. The molecule has 0 fully saturated rings. The molecule has 23 heavy (non-hydrogen) atoms. The smallest absolute Gasteiger partial charge is 0.244 e. The fraction of sp³-hybridized carbons (Fsp3) is 0.176. The van der Waals surface area contributed by atoms with Gasteiger partial charge < -0.3 is 19.4 Å². The Morgan fingerprint density at radius 1 is 1.22 bits per heavy atom. The minimum atomic E-state index is -0.116. The summed E-state index contributed by atoms with van der Waals surface area (Å²) in [5.41, 5.74) is 2.52. The van der Waals surface area contributed by atoms with Gasteiger partial charge in [-0.05, 0) is 31.2 Å². The molecule has 3 aromatic rings. The van der Waals surface area contributed by atoms with E-state index in [1.807, 2.05) is 35.8 Å². The quantitative estimate of drug-likeness (QED) is 0.808. The van der Waals surface area contributed by atoms with Crippen LogP contribution in [0.1, 0.15) is 5.82 Å². The van der Waals surface area contributed by atoms with Gasteiger partial charge in [0, 0.05) is 11.8 Å². The van der Waals surface area contributed by atoms with E-state index in [4.69, 9.17) is 9.47 Å². The zero-order valence-corrected chi connectivity index (χ0v) is 12.6. The van der Waals surface area contributed by atoms with Crippen LogP contribution in [0.4, 0.5) is 5.69 Å². The van der Waals surface area contributed by atoms with E-state index in [0.29, 0.717) is 17.2 Å². The number of ether oxygens (including phenoxy) is 2. The zero-order valence-electron chi connectivity index (χ0n) is 12.6. The van der Waals surface area contributed by atoms with Crippen LogP contribution in [0.15, 0.2) is 42.5 Å². The Morgan fingerprint density at radius 2 is 2.04 bits per heavy atom. The number of aryl methyl sites for hydroxylation is 1. The summed E-state index contributed by atoms with van der Waals surface area (Å²) < 4.78 is 12.5. The van der Waals surface area contributed by atoms with Crippen molar-refractivity contribution in [3.63, 3.8) is 0 Å². The van der Waals surface area contributed by atoms with Gasteiger partial charge in [-0.15, -0.1) is 0 Å². The van der Waals surface area contributed by atoms with Gasteiger partial charge in [-0.3, -0.25) is 4.79 Å². The van der Waals surface area contributed by atoms with Gasteiger partial charge in [0.05, 0.1) is 11.0 Å². The van der Waals surface area contributed by atoms with E-state index in [-0.39, 0.29) is 19.2 Å². The summed E-state index contributed by atoms with van der Waals surface area (Å²) in [5.74, 6) is 2.04. The van der Waals surface area contributed by atoms with Crippen molar-refractivity contribution in [2.45, 2.75) is 13.5 Å². The summed E-state index contributed by atoms with van der Waals surface area (Å²) in [6.07, 6.45) is 0. The van der Waals surface area contributed by atoms with E-state index < -0.39 is 0 Å². The minimum Gasteiger partial charge on any atom is -0.454 e. The number of aromatic nitrogens is 2. The van der Waals surface area contributed by atoms with Crippen molar-refractivity contribution in [1.29, 1.82) is 0 Å². The van der Waals surface area contributed by atoms with Crippen molar-refractivity contribution in [2.75, 3.05) is 12.1 Å². The number of carbonyl (C=O) groups excluding carboxylic acids is 1. The van der Waals surface area contributed by atoms with Crippen LogP contribution in [0, 0.1) is 6.92 Å². The second kappa shape index (κ2) is 5.31. The molecule has 0 spiro atoms. The highest BCUT2D eigenvalue weighted by atomic mass is 16.7. The Hall–Kier alpha value is -3.02. The van der Waals surface area contributed by atoms with E-state index in [9.17, 15) is 4.79 Å². The van der Waals surface area contributed by atoms with Crippen molar-refractivity contribution >= 4 is 22.6 Å². The van der Waals surface area contributed by atoms with Crippen molar-refractivity contribution in [2.24, 2.45) is 0 Å². The lowest BCUT2D eigenvalue weighted by atomic mass is 10.2. The fourth-order valence-corrected chi connectivity index (χ4v) is 2.71. The molecule has 6 heteroatoms. The Bertz CT molecular complexity index is 901. The summed E-state index contributed by atoms with van der Waals surface area (Å²) in [7, 11) is 0. The summed E-state index contributed by atoms with van der Waals surface area (Å²) in [6, 6.07) is 13.1. The number of para-hydroxylation sites is 2. The lowest BCUT2D eigenvalue weighted by molar-refractivity contribution is -0.116. The van der Waals surface area contributed by atoms with E-state index in [0.717, 1.165) is 16.9 Å². The molecule has 6 nitrogen and oxygen atoms in total. The van der Waals surface area contributed by atoms with Crippen LogP contribution in [0.3, 0.4) is 0 Å². The number of anilines is 1. The van der Waals surface area contributed by atoms with E-state index >= 15 is 0 Å². The average molecular weight is 309 g/mol. The maximum absolute atomic E-state index is 12.3. The van der Waals surface area contributed by atoms with Gasteiger partial charge >= 0.3 is 0 Å². The number of amides is 1. The molecule has 1 amide bonds. The minimum absolute atomic E-state index is 0.116. The van der Waals surface area contributed by atoms with Gasteiger partial charge in [-0.1, -0.05) is 12.1 Å². The molecule has 116 valence electrons.